The van der Waals surface area contributed by atoms with Crippen molar-refractivity contribution in [2.45, 2.75) is 0 Å². The Balaban J connectivity index is 1.36. The second-order valence-corrected chi connectivity index (χ2v) is 7.28. The topological polar surface area (TPSA) is 89.1 Å². The van der Waals surface area contributed by atoms with Gasteiger partial charge in [0.05, 0.1) is 37.6 Å². The molecule has 0 saturated carbocycles. The van der Waals surface area contributed by atoms with Crippen molar-refractivity contribution in [3.63, 3.8) is 0 Å². The van der Waals surface area contributed by atoms with Crippen LogP contribution in [0.2, 0.25) is 5.02 Å². The highest BCUT2D eigenvalue weighted by Crippen LogP contribution is 2.17. The van der Waals surface area contributed by atoms with Crippen LogP contribution in [-0.2, 0) is 4.79 Å². The molecule has 1 amide bonds. The number of nitrogens with one attached hydrogen (secondary N) is 2. The number of hydrogen-bond acceptors (Lipinski definition) is 5. The summed E-state index contributed by atoms with van der Waals surface area (Å²) in [6, 6.07) is 13.5. The molecule has 0 atom stereocenters. The highest BCUT2D eigenvalue weighted by atomic mass is 35.5. The Hall–Kier alpha value is -2.84. The number of ether oxygens (including phenoxy) is 1. The van der Waals surface area contributed by atoms with Crippen LogP contribution >= 0.6 is 11.6 Å². The first-order valence-electron chi connectivity index (χ1n) is 9.49. The zero-order chi connectivity index (χ0) is 20.6. The number of nitrogens with zero attached hydrogens (tertiary/aromatic N) is 2. The highest BCUT2D eigenvalue weighted by Gasteiger charge is 2.23. The van der Waals surface area contributed by atoms with Gasteiger partial charge in [0.1, 0.15) is 18.9 Å². The fraction of sp³-hybridized carbons (Fsp3) is 0.350. The predicted octanol–water partition coefficient (Wildman–Crippen LogP) is 1.47. The summed E-state index contributed by atoms with van der Waals surface area (Å²) in [4.78, 5) is 26.0. The molecule has 1 heterocycles. The molecule has 1 aliphatic rings. The Morgan fingerprint density at radius 1 is 1.21 bits per heavy atom. The lowest BCUT2D eigenvalue weighted by Crippen LogP contribution is -3.15. The minimum atomic E-state index is -0.453. The normalized spacial score (nSPS) is 14.4. The van der Waals surface area contributed by atoms with Crippen LogP contribution in [0.5, 0.6) is 5.75 Å². The van der Waals surface area contributed by atoms with E-state index in [-0.39, 0.29) is 18.1 Å². The standard InChI is InChI=1S/C20H23ClN4O4/c21-16-4-6-19(7-5-16)29-13-12-23-8-10-24(11-9-23)20(26)15-22-17-2-1-3-18(14-17)25(27)28/h1-7,14,22H,8-13,15H2/p+1. The summed E-state index contributed by atoms with van der Waals surface area (Å²) in [5.41, 5.74) is 0.566. The summed E-state index contributed by atoms with van der Waals surface area (Å²) >= 11 is 5.86. The number of nitro groups is 1. The molecule has 1 aliphatic heterocycles. The van der Waals surface area contributed by atoms with Gasteiger partial charge in [-0.15, -0.1) is 0 Å². The van der Waals surface area contributed by atoms with E-state index in [1.807, 2.05) is 17.0 Å². The molecule has 8 nitrogen and oxygen atoms in total. The van der Waals surface area contributed by atoms with Gasteiger partial charge in [0.2, 0.25) is 5.91 Å². The Bertz CT molecular complexity index is 839. The molecular formula is C20H24ClN4O4+. The highest BCUT2D eigenvalue weighted by molar-refractivity contribution is 6.30. The fourth-order valence-electron chi connectivity index (χ4n) is 3.19. The van der Waals surface area contributed by atoms with Crippen molar-refractivity contribution in [1.29, 1.82) is 0 Å². The van der Waals surface area contributed by atoms with Crippen LogP contribution in [0.3, 0.4) is 0 Å². The number of quaternary nitrogens is 1. The molecule has 154 valence electrons. The summed E-state index contributed by atoms with van der Waals surface area (Å²) in [7, 11) is 0. The number of halogens is 1. The lowest BCUT2D eigenvalue weighted by atomic mass is 10.2. The molecule has 0 aliphatic carbocycles. The number of anilines is 1. The maximum atomic E-state index is 12.4. The van der Waals surface area contributed by atoms with E-state index in [0.29, 0.717) is 30.4 Å². The molecule has 1 fully saturated rings. The van der Waals surface area contributed by atoms with Gasteiger partial charge >= 0.3 is 0 Å². The molecule has 0 radical (unpaired) electrons. The SMILES string of the molecule is O=C(CNc1cccc([N+](=O)[O-])c1)N1CC[NH+](CCOc2ccc(Cl)cc2)CC1. The zero-order valence-corrected chi connectivity index (χ0v) is 16.7. The third kappa shape index (κ3) is 6.33. The van der Waals surface area contributed by atoms with Gasteiger partial charge in [-0.1, -0.05) is 17.7 Å². The minimum Gasteiger partial charge on any atom is -0.488 e. The van der Waals surface area contributed by atoms with Gasteiger partial charge in [0.25, 0.3) is 5.69 Å². The number of amides is 1. The lowest BCUT2D eigenvalue weighted by molar-refractivity contribution is -0.904. The van der Waals surface area contributed by atoms with E-state index in [1.54, 1.807) is 24.3 Å². The van der Waals surface area contributed by atoms with Crippen molar-refractivity contribution < 1.29 is 19.4 Å². The third-order valence-corrected chi connectivity index (χ3v) is 5.11. The Labute approximate surface area is 174 Å². The number of non-ortho nitro benzene ring substituents is 1. The van der Waals surface area contributed by atoms with E-state index in [1.165, 1.54) is 17.0 Å². The van der Waals surface area contributed by atoms with Crippen molar-refractivity contribution in [3.8, 4) is 5.75 Å². The van der Waals surface area contributed by atoms with Gasteiger partial charge < -0.3 is 19.9 Å². The molecule has 3 rings (SSSR count). The lowest BCUT2D eigenvalue weighted by Gasteiger charge is -2.32. The number of carbonyl (C=O) groups is 1. The quantitative estimate of drug-likeness (QED) is 0.499. The number of piperazine rings is 1. The summed E-state index contributed by atoms with van der Waals surface area (Å²) in [6.45, 7) is 4.71. The van der Waals surface area contributed by atoms with E-state index in [0.717, 1.165) is 25.4 Å². The van der Waals surface area contributed by atoms with Crippen LogP contribution in [0, 0.1) is 10.1 Å². The molecule has 2 N–H and O–H groups in total. The number of carbonyl (C=O) groups excluding carboxylic acids is 1. The second-order valence-electron chi connectivity index (χ2n) is 6.84. The van der Waals surface area contributed by atoms with Crippen molar-refractivity contribution in [2.75, 3.05) is 51.2 Å². The molecule has 29 heavy (non-hydrogen) atoms. The first-order chi connectivity index (χ1) is 14.0. The number of nitro benzene ring substituents is 1. The van der Waals surface area contributed by atoms with Crippen molar-refractivity contribution >= 4 is 28.9 Å². The minimum absolute atomic E-state index is 0.000447. The molecule has 0 aromatic heterocycles. The summed E-state index contributed by atoms with van der Waals surface area (Å²) in [5.74, 6) is 0.794. The van der Waals surface area contributed by atoms with E-state index < -0.39 is 4.92 Å². The first-order valence-corrected chi connectivity index (χ1v) is 9.87. The van der Waals surface area contributed by atoms with Crippen molar-refractivity contribution in [1.82, 2.24) is 4.90 Å². The van der Waals surface area contributed by atoms with Gasteiger partial charge in [-0.2, -0.15) is 0 Å². The zero-order valence-electron chi connectivity index (χ0n) is 16.0. The molecule has 0 spiro atoms. The van der Waals surface area contributed by atoms with Gasteiger partial charge in [0.15, 0.2) is 0 Å². The van der Waals surface area contributed by atoms with Crippen LogP contribution in [0.15, 0.2) is 48.5 Å². The smallest absolute Gasteiger partial charge is 0.271 e. The monoisotopic (exact) mass is 419 g/mol. The summed E-state index contributed by atoms with van der Waals surface area (Å²) in [5, 5.41) is 14.5. The van der Waals surface area contributed by atoms with Gasteiger partial charge in [-0.25, -0.2) is 0 Å². The first kappa shape index (κ1) is 20.9. The van der Waals surface area contributed by atoms with Crippen molar-refractivity contribution in [2.24, 2.45) is 0 Å². The van der Waals surface area contributed by atoms with Crippen LogP contribution < -0.4 is 15.0 Å². The third-order valence-electron chi connectivity index (χ3n) is 4.86. The number of benzene rings is 2. The average molecular weight is 420 g/mol. The molecule has 0 bridgehead atoms. The Morgan fingerprint density at radius 3 is 2.62 bits per heavy atom. The molecule has 2 aromatic carbocycles. The average Bonchev–Trinajstić information content (AvgIpc) is 2.74. The van der Waals surface area contributed by atoms with Gasteiger partial charge in [0, 0.05) is 22.8 Å². The summed E-state index contributed by atoms with van der Waals surface area (Å²) < 4.78 is 5.73. The van der Waals surface area contributed by atoms with E-state index in [4.69, 9.17) is 16.3 Å². The van der Waals surface area contributed by atoms with Gasteiger partial charge in [-0.05, 0) is 30.3 Å². The maximum Gasteiger partial charge on any atom is 0.271 e. The maximum absolute atomic E-state index is 12.4. The fourth-order valence-corrected chi connectivity index (χ4v) is 3.31. The van der Waals surface area contributed by atoms with E-state index in [9.17, 15) is 14.9 Å². The Morgan fingerprint density at radius 2 is 1.93 bits per heavy atom. The largest absolute Gasteiger partial charge is 0.488 e. The predicted molar refractivity (Wildman–Crippen MR) is 111 cm³/mol. The Kier molecular flexibility index (Phi) is 7.26. The molecular weight excluding hydrogens is 396 g/mol. The summed E-state index contributed by atoms with van der Waals surface area (Å²) in [6.07, 6.45) is 0. The van der Waals surface area contributed by atoms with E-state index in [2.05, 4.69) is 5.32 Å². The van der Waals surface area contributed by atoms with Crippen LogP contribution in [-0.4, -0.2) is 61.6 Å². The van der Waals surface area contributed by atoms with Gasteiger partial charge in [-0.3, -0.25) is 14.9 Å². The molecule has 1 saturated heterocycles. The number of rotatable bonds is 8. The second kappa shape index (κ2) is 10.1. The molecule has 0 unspecified atom stereocenters. The van der Waals surface area contributed by atoms with Crippen LogP contribution in [0.4, 0.5) is 11.4 Å². The number of hydrogen-bond donors (Lipinski definition) is 2. The molecule has 2 aromatic rings. The van der Waals surface area contributed by atoms with Crippen LogP contribution in [0.1, 0.15) is 0 Å². The van der Waals surface area contributed by atoms with Crippen LogP contribution in [0.25, 0.3) is 0 Å². The van der Waals surface area contributed by atoms with E-state index >= 15 is 0 Å². The molecule has 9 heteroatoms. The van der Waals surface area contributed by atoms with Crippen molar-refractivity contribution in [3.05, 3.63) is 63.7 Å².